The molecule has 0 saturated carbocycles. The zero-order valence-electron chi connectivity index (χ0n) is 11.1. The third-order valence-electron chi connectivity index (χ3n) is 3.19. The molecule has 2 rings (SSSR count). The molecule has 1 heterocycles. The van der Waals surface area contributed by atoms with Gasteiger partial charge < -0.3 is 10.6 Å². The van der Waals surface area contributed by atoms with E-state index >= 15 is 0 Å². The van der Waals surface area contributed by atoms with Crippen LogP contribution in [-0.2, 0) is 9.84 Å². The highest BCUT2D eigenvalue weighted by Gasteiger charge is 2.30. The number of rotatable bonds is 2. The minimum Gasteiger partial charge on any atom is -0.368 e. The first-order valence-corrected chi connectivity index (χ1v) is 7.81. The molecule has 0 aromatic heterocycles. The first kappa shape index (κ1) is 13.4. The Kier molecular flexibility index (Phi) is 3.38. The molecule has 5 heteroatoms. The summed E-state index contributed by atoms with van der Waals surface area (Å²) in [7, 11) is -3.14. The number of nitrogens with zero attached hydrogens (tertiary/aromatic N) is 1. The van der Waals surface area contributed by atoms with Crippen molar-refractivity contribution in [2.45, 2.75) is 31.7 Å². The zero-order chi connectivity index (χ0) is 13.5. The van der Waals surface area contributed by atoms with Crippen molar-refractivity contribution in [2.24, 2.45) is 5.73 Å². The average Bonchev–Trinajstić information content (AvgIpc) is 2.20. The lowest BCUT2D eigenvalue weighted by Crippen LogP contribution is -2.42. The van der Waals surface area contributed by atoms with Crippen LogP contribution in [0.3, 0.4) is 0 Å². The van der Waals surface area contributed by atoms with Crippen LogP contribution in [0.4, 0.5) is 5.69 Å². The van der Waals surface area contributed by atoms with E-state index in [2.05, 4.69) is 4.90 Å². The minimum atomic E-state index is -3.14. The fourth-order valence-corrected chi connectivity index (χ4v) is 4.28. The van der Waals surface area contributed by atoms with Gasteiger partial charge in [-0.15, -0.1) is 0 Å². The lowest BCUT2D eigenvalue weighted by Gasteiger charge is -2.33. The quantitative estimate of drug-likeness (QED) is 0.876. The molecule has 1 aliphatic heterocycles. The van der Waals surface area contributed by atoms with E-state index < -0.39 is 9.84 Å². The van der Waals surface area contributed by atoms with E-state index in [1.54, 1.807) is 0 Å². The van der Waals surface area contributed by atoms with Gasteiger partial charge >= 0.3 is 0 Å². The second-order valence-electron chi connectivity index (χ2n) is 5.17. The van der Waals surface area contributed by atoms with Gasteiger partial charge in [-0.05, 0) is 38.0 Å². The molecule has 0 radical (unpaired) electrons. The van der Waals surface area contributed by atoms with Crippen LogP contribution in [-0.4, -0.2) is 33.3 Å². The highest BCUT2D eigenvalue weighted by Crippen LogP contribution is 2.34. The Morgan fingerprint density at radius 3 is 2.67 bits per heavy atom. The summed E-state index contributed by atoms with van der Waals surface area (Å²) in [6.07, 6.45) is 0. The molecule has 0 saturated heterocycles. The van der Waals surface area contributed by atoms with Crippen molar-refractivity contribution in [1.82, 2.24) is 0 Å². The topological polar surface area (TPSA) is 63.4 Å². The molecule has 1 atom stereocenters. The lowest BCUT2D eigenvalue weighted by molar-refractivity contribution is 0.584. The number of benzene rings is 1. The summed E-state index contributed by atoms with van der Waals surface area (Å²) in [5.74, 6) is 0.177. The molecule has 1 aromatic rings. The van der Waals surface area contributed by atoms with Crippen molar-refractivity contribution >= 4 is 15.5 Å². The van der Waals surface area contributed by atoms with Gasteiger partial charge in [0.1, 0.15) is 0 Å². The van der Waals surface area contributed by atoms with Gasteiger partial charge in [-0.25, -0.2) is 8.42 Å². The van der Waals surface area contributed by atoms with Crippen molar-refractivity contribution in [3.63, 3.8) is 0 Å². The molecule has 4 nitrogen and oxygen atoms in total. The van der Waals surface area contributed by atoms with E-state index in [0.29, 0.717) is 18.0 Å². The van der Waals surface area contributed by atoms with Crippen molar-refractivity contribution in [1.29, 1.82) is 0 Å². The van der Waals surface area contributed by atoms with Crippen LogP contribution >= 0.6 is 0 Å². The number of sulfone groups is 1. The Hall–Kier alpha value is -1.07. The summed E-state index contributed by atoms with van der Waals surface area (Å²) in [4.78, 5) is 2.57. The number of fused-ring (bicyclic) bond motifs is 1. The Bertz CT molecular complexity index is 565. The molecule has 18 heavy (non-hydrogen) atoms. The van der Waals surface area contributed by atoms with Crippen LogP contribution in [0.2, 0.25) is 0 Å². The molecule has 2 N–H and O–H groups in total. The SMILES string of the molecule is Cc1cc(C)c2c(c1)N(CC(C)N)CCS2(=O)=O. The number of hydrogen-bond donors (Lipinski definition) is 1. The predicted molar refractivity (Wildman–Crippen MR) is 73.8 cm³/mol. The Morgan fingerprint density at radius 2 is 2.06 bits per heavy atom. The Labute approximate surface area is 109 Å². The Morgan fingerprint density at radius 1 is 1.39 bits per heavy atom. The van der Waals surface area contributed by atoms with E-state index in [-0.39, 0.29) is 11.8 Å². The first-order chi connectivity index (χ1) is 8.31. The highest BCUT2D eigenvalue weighted by molar-refractivity contribution is 7.91. The maximum absolute atomic E-state index is 12.2. The summed E-state index contributed by atoms with van der Waals surface area (Å²) in [5, 5.41) is 0. The van der Waals surface area contributed by atoms with Crippen molar-refractivity contribution in [3.05, 3.63) is 23.3 Å². The van der Waals surface area contributed by atoms with Gasteiger partial charge in [0.05, 0.1) is 16.3 Å². The molecular weight excluding hydrogens is 248 g/mol. The second-order valence-corrected chi connectivity index (χ2v) is 7.22. The van der Waals surface area contributed by atoms with Crippen LogP contribution in [0.25, 0.3) is 0 Å². The monoisotopic (exact) mass is 268 g/mol. The standard InChI is InChI=1S/C13H20N2O2S/c1-9-6-10(2)13-12(7-9)15(8-11(3)14)4-5-18(13,16)17/h6-7,11H,4-5,8,14H2,1-3H3. The van der Waals surface area contributed by atoms with Crippen LogP contribution in [0.15, 0.2) is 17.0 Å². The first-order valence-electron chi connectivity index (χ1n) is 6.16. The molecule has 0 fully saturated rings. The smallest absolute Gasteiger partial charge is 0.182 e. The van der Waals surface area contributed by atoms with Gasteiger partial charge in [0.15, 0.2) is 9.84 Å². The van der Waals surface area contributed by atoms with Gasteiger partial charge in [0.25, 0.3) is 0 Å². The number of anilines is 1. The van der Waals surface area contributed by atoms with E-state index in [9.17, 15) is 8.42 Å². The summed E-state index contributed by atoms with van der Waals surface area (Å²) < 4.78 is 24.4. The molecule has 0 bridgehead atoms. The van der Waals surface area contributed by atoms with Gasteiger partial charge in [0.2, 0.25) is 0 Å². The summed E-state index contributed by atoms with van der Waals surface area (Å²) in [6.45, 7) is 6.99. The summed E-state index contributed by atoms with van der Waals surface area (Å²) >= 11 is 0. The van der Waals surface area contributed by atoms with E-state index in [0.717, 1.165) is 16.8 Å². The number of hydrogen-bond acceptors (Lipinski definition) is 4. The van der Waals surface area contributed by atoms with Crippen molar-refractivity contribution < 1.29 is 8.42 Å². The largest absolute Gasteiger partial charge is 0.368 e. The van der Waals surface area contributed by atoms with Gasteiger partial charge in [-0.2, -0.15) is 0 Å². The summed E-state index contributed by atoms with van der Waals surface area (Å²) in [5.41, 5.74) is 8.56. The molecular formula is C13H20N2O2S. The van der Waals surface area contributed by atoms with E-state index in [1.165, 1.54) is 0 Å². The van der Waals surface area contributed by atoms with Gasteiger partial charge in [-0.1, -0.05) is 6.07 Å². The third-order valence-corrected chi connectivity index (χ3v) is 5.06. The fraction of sp³-hybridized carbons (Fsp3) is 0.538. The average molecular weight is 268 g/mol. The molecule has 0 aliphatic carbocycles. The second kappa shape index (κ2) is 4.55. The maximum Gasteiger partial charge on any atom is 0.182 e. The third kappa shape index (κ3) is 2.37. The number of aryl methyl sites for hydroxylation is 2. The fourth-order valence-electron chi connectivity index (χ4n) is 2.56. The molecule has 1 aliphatic rings. The molecule has 0 spiro atoms. The highest BCUT2D eigenvalue weighted by atomic mass is 32.2. The lowest BCUT2D eigenvalue weighted by atomic mass is 10.1. The maximum atomic E-state index is 12.2. The van der Waals surface area contributed by atoms with Crippen LogP contribution in [0.5, 0.6) is 0 Å². The van der Waals surface area contributed by atoms with E-state index in [1.807, 2.05) is 32.9 Å². The van der Waals surface area contributed by atoms with E-state index in [4.69, 9.17) is 5.73 Å². The van der Waals surface area contributed by atoms with Crippen LogP contribution < -0.4 is 10.6 Å². The van der Waals surface area contributed by atoms with Crippen molar-refractivity contribution in [3.8, 4) is 0 Å². The van der Waals surface area contributed by atoms with Gasteiger partial charge in [0, 0.05) is 19.1 Å². The normalized spacial score (nSPS) is 19.4. The molecule has 0 amide bonds. The number of nitrogens with two attached hydrogens (primary N) is 1. The van der Waals surface area contributed by atoms with Gasteiger partial charge in [-0.3, -0.25) is 0 Å². The molecule has 1 unspecified atom stereocenters. The van der Waals surface area contributed by atoms with Crippen LogP contribution in [0.1, 0.15) is 18.1 Å². The zero-order valence-corrected chi connectivity index (χ0v) is 11.9. The van der Waals surface area contributed by atoms with Crippen LogP contribution in [0, 0.1) is 13.8 Å². The summed E-state index contributed by atoms with van der Waals surface area (Å²) in [6, 6.07) is 3.90. The minimum absolute atomic E-state index is 0.0273. The van der Waals surface area contributed by atoms with Crippen molar-refractivity contribution in [2.75, 3.05) is 23.7 Å². The predicted octanol–water partition coefficient (Wildman–Crippen LogP) is 1.24. The Balaban J connectivity index is 2.59. The molecule has 100 valence electrons. The molecule has 1 aromatic carbocycles.